The second-order valence-electron chi connectivity index (χ2n) is 5.76. The summed E-state index contributed by atoms with van der Waals surface area (Å²) in [5, 5.41) is 2.87. The molecule has 0 aromatic rings. The van der Waals surface area contributed by atoms with Gasteiger partial charge in [0.15, 0.2) is 0 Å². The fourth-order valence-corrected chi connectivity index (χ4v) is 3.37. The van der Waals surface area contributed by atoms with Gasteiger partial charge in [0.2, 0.25) is 11.8 Å². The molecular formula is C15H23BrN2O2. The topological polar surface area (TPSA) is 49.4 Å². The second kappa shape index (κ2) is 7.25. The Kier molecular flexibility index (Phi) is 5.64. The molecule has 2 rings (SSSR count). The lowest BCUT2D eigenvalue weighted by Gasteiger charge is -2.32. The van der Waals surface area contributed by atoms with E-state index in [1.54, 1.807) is 0 Å². The molecule has 0 bridgehead atoms. The summed E-state index contributed by atoms with van der Waals surface area (Å²) in [5.74, 6) is -0.0861. The number of hydrogen-bond donors (Lipinski definition) is 1. The van der Waals surface area contributed by atoms with Crippen LogP contribution in [0.4, 0.5) is 0 Å². The standard InChI is InChI=1S/C15H23BrN2O2/c1-11(16)10-17-14(19)12-6-2-3-7-13(12)15(20)18-8-4-5-9-18/h12-13H,1-10H2,(H,17,19)/t12-,13-/m0/s1. The van der Waals surface area contributed by atoms with Crippen LogP contribution in [0.5, 0.6) is 0 Å². The van der Waals surface area contributed by atoms with E-state index in [1.165, 1.54) is 0 Å². The monoisotopic (exact) mass is 342 g/mol. The fraction of sp³-hybridized carbons (Fsp3) is 0.733. The van der Waals surface area contributed by atoms with Gasteiger partial charge in [0, 0.05) is 36.0 Å². The number of rotatable bonds is 4. The predicted molar refractivity (Wildman–Crippen MR) is 82.3 cm³/mol. The lowest BCUT2D eigenvalue weighted by Crippen LogP contribution is -2.44. The average Bonchev–Trinajstić information content (AvgIpc) is 2.98. The van der Waals surface area contributed by atoms with Crippen LogP contribution < -0.4 is 5.32 Å². The van der Waals surface area contributed by atoms with Crippen LogP contribution in [-0.2, 0) is 9.59 Å². The SMILES string of the molecule is C=C(Br)CNC(=O)[C@H]1CCCC[C@@H]1C(=O)N1CCCC1. The third-order valence-corrected chi connectivity index (χ3v) is 4.57. The molecule has 0 unspecified atom stereocenters. The Hall–Kier alpha value is -0.840. The Bertz CT molecular complexity index is 391. The maximum Gasteiger partial charge on any atom is 0.226 e. The molecular weight excluding hydrogens is 320 g/mol. The van der Waals surface area contributed by atoms with Gasteiger partial charge in [-0.05, 0) is 25.7 Å². The van der Waals surface area contributed by atoms with Crippen LogP contribution in [0.15, 0.2) is 11.1 Å². The van der Waals surface area contributed by atoms with E-state index >= 15 is 0 Å². The summed E-state index contributed by atoms with van der Waals surface area (Å²) in [6.07, 6.45) is 5.96. The van der Waals surface area contributed by atoms with E-state index < -0.39 is 0 Å². The molecule has 1 aliphatic carbocycles. The molecule has 0 spiro atoms. The minimum absolute atomic E-state index is 0.00264. The molecule has 2 fully saturated rings. The number of carbonyl (C=O) groups is 2. The maximum absolute atomic E-state index is 12.6. The minimum atomic E-state index is -0.163. The van der Waals surface area contributed by atoms with Crippen molar-refractivity contribution in [3.05, 3.63) is 11.1 Å². The number of carbonyl (C=O) groups excluding carboxylic acids is 2. The molecule has 112 valence electrons. The molecule has 1 saturated heterocycles. The summed E-state index contributed by atoms with van der Waals surface area (Å²) in [6.45, 7) is 5.87. The van der Waals surface area contributed by atoms with Crippen LogP contribution in [-0.4, -0.2) is 36.3 Å². The first-order chi connectivity index (χ1) is 9.59. The van der Waals surface area contributed by atoms with Crippen LogP contribution in [0, 0.1) is 11.8 Å². The number of nitrogens with one attached hydrogen (secondary N) is 1. The van der Waals surface area contributed by atoms with Crippen LogP contribution in [0.3, 0.4) is 0 Å². The summed E-state index contributed by atoms with van der Waals surface area (Å²) < 4.78 is 0.754. The number of likely N-dealkylation sites (tertiary alicyclic amines) is 1. The third kappa shape index (κ3) is 3.84. The molecule has 0 aromatic carbocycles. The van der Waals surface area contributed by atoms with Gasteiger partial charge in [-0.1, -0.05) is 35.4 Å². The molecule has 5 heteroatoms. The van der Waals surface area contributed by atoms with Gasteiger partial charge in [0.1, 0.15) is 0 Å². The molecule has 2 aliphatic rings. The van der Waals surface area contributed by atoms with E-state index in [0.29, 0.717) is 6.54 Å². The van der Waals surface area contributed by atoms with E-state index in [0.717, 1.165) is 56.1 Å². The van der Waals surface area contributed by atoms with Crippen molar-refractivity contribution >= 4 is 27.7 Å². The van der Waals surface area contributed by atoms with E-state index in [9.17, 15) is 9.59 Å². The average molecular weight is 343 g/mol. The van der Waals surface area contributed by atoms with Gasteiger partial charge >= 0.3 is 0 Å². The Morgan fingerprint density at radius 1 is 1.10 bits per heavy atom. The number of nitrogens with zero attached hydrogens (tertiary/aromatic N) is 1. The summed E-state index contributed by atoms with van der Waals surface area (Å²) in [6, 6.07) is 0. The Morgan fingerprint density at radius 3 is 2.30 bits per heavy atom. The van der Waals surface area contributed by atoms with Gasteiger partial charge in [-0.15, -0.1) is 0 Å². The summed E-state index contributed by atoms with van der Waals surface area (Å²) in [4.78, 5) is 26.8. The van der Waals surface area contributed by atoms with Gasteiger partial charge in [0.05, 0.1) is 0 Å². The zero-order chi connectivity index (χ0) is 14.5. The van der Waals surface area contributed by atoms with Gasteiger partial charge in [-0.2, -0.15) is 0 Å². The van der Waals surface area contributed by atoms with Crippen molar-refractivity contribution < 1.29 is 9.59 Å². The molecule has 0 radical (unpaired) electrons. The fourth-order valence-electron chi connectivity index (χ4n) is 3.23. The highest BCUT2D eigenvalue weighted by Gasteiger charge is 2.38. The van der Waals surface area contributed by atoms with Crippen molar-refractivity contribution in [1.29, 1.82) is 0 Å². The lowest BCUT2D eigenvalue weighted by atomic mass is 9.78. The number of hydrogen-bond acceptors (Lipinski definition) is 2. The van der Waals surface area contributed by atoms with E-state index in [2.05, 4.69) is 27.8 Å². The van der Waals surface area contributed by atoms with Crippen LogP contribution in [0.25, 0.3) is 0 Å². The summed E-state index contributed by atoms with van der Waals surface area (Å²) in [5.41, 5.74) is 0. The molecule has 1 heterocycles. The number of halogens is 1. The second-order valence-corrected chi connectivity index (χ2v) is 6.89. The van der Waals surface area contributed by atoms with Crippen molar-refractivity contribution in [1.82, 2.24) is 10.2 Å². The van der Waals surface area contributed by atoms with Gasteiger partial charge in [0.25, 0.3) is 0 Å². The maximum atomic E-state index is 12.6. The first kappa shape index (κ1) is 15.5. The Labute approximate surface area is 129 Å². The molecule has 1 aliphatic heterocycles. The van der Waals surface area contributed by atoms with Crippen molar-refractivity contribution in [3.8, 4) is 0 Å². The van der Waals surface area contributed by atoms with Gasteiger partial charge in [-0.3, -0.25) is 9.59 Å². The first-order valence-electron chi connectivity index (χ1n) is 7.49. The predicted octanol–water partition coefficient (Wildman–Crippen LogP) is 2.44. The van der Waals surface area contributed by atoms with E-state index in [4.69, 9.17) is 0 Å². The molecule has 1 saturated carbocycles. The molecule has 0 aromatic heterocycles. The number of amides is 2. The molecule has 2 atom stereocenters. The van der Waals surface area contributed by atoms with Crippen LogP contribution in [0.1, 0.15) is 38.5 Å². The molecule has 1 N–H and O–H groups in total. The quantitative estimate of drug-likeness (QED) is 0.852. The van der Waals surface area contributed by atoms with Crippen molar-refractivity contribution in [2.75, 3.05) is 19.6 Å². The van der Waals surface area contributed by atoms with Gasteiger partial charge < -0.3 is 10.2 Å². The molecule has 2 amide bonds. The highest BCUT2D eigenvalue weighted by Crippen LogP contribution is 2.32. The normalized spacial score (nSPS) is 26.4. The van der Waals surface area contributed by atoms with Crippen LogP contribution >= 0.6 is 15.9 Å². The summed E-state index contributed by atoms with van der Waals surface area (Å²) >= 11 is 3.24. The molecule has 20 heavy (non-hydrogen) atoms. The zero-order valence-electron chi connectivity index (χ0n) is 11.9. The van der Waals surface area contributed by atoms with E-state index in [-0.39, 0.29) is 23.7 Å². The highest BCUT2D eigenvalue weighted by molar-refractivity contribution is 9.11. The Morgan fingerprint density at radius 2 is 1.70 bits per heavy atom. The Balaban J connectivity index is 1.98. The van der Waals surface area contributed by atoms with E-state index in [1.807, 2.05) is 4.90 Å². The van der Waals surface area contributed by atoms with Crippen molar-refractivity contribution in [2.45, 2.75) is 38.5 Å². The zero-order valence-corrected chi connectivity index (χ0v) is 13.5. The smallest absolute Gasteiger partial charge is 0.226 e. The first-order valence-corrected chi connectivity index (χ1v) is 8.28. The van der Waals surface area contributed by atoms with Crippen molar-refractivity contribution in [3.63, 3.8) is 0 Å². The largest absolute Gasteiger partial charge is 0.351 e. The third-order valence-electron chi connectivity index (χ3n) is 4.29. The van der Waals surface area contributed by atoms with Crippen LogP contribution in [0.2, 0.25) is 0 Å². The lowest BCUT2D eigenvalue weighted by molar-refractivity contribution is -0.142. The summed E-state index contributed by atoms with van der Waals surface area (Å²) in [7, 11) is 0. The molecule has 4 nitrogen and oxygen atoms in total. The van der Waals surface area contributed by atoms with Gasteiger partial charge in [-0.25, -0.2) is 0 Å². The highest BCUT2D eigenvalue weighted by atomic mass is 79.9. The minimum Gasteiger partial charge on any atom is -0.351 e. The van der Waals surface area contributed by atoms with Crippen molar-refractivity contribution in [2.24, 2.45) is 11.8 Å².